The third-order valence-corrected chi connectivity index (χ3v) is 4.95. The van der Waals surface area contributed by atoms with Crippen LogP contribution in [0.1, 0.15) is 60.7 Å². The summed E-state index contributed by atoms with van der Waals surface area (Å²) < 4.78 is 40.9. The lowest BCUT2D eigenvalue weighted by Gasteiger charge is -2.14. The molecule has 1 aromatic heterocycles. The van der Waals surface area contributed by atoms with Crippen molar-refractivity contribution >= 4 is 5.91 Å². The van der Waals surface area contributed by atoms with Crippen LogP contribution in [-0.4, -0.2) is 15.7 Å². The van der Waals surface area contributed by atoms with Gasteiger partial charge in [0.1, 0.15) is 6.54 Å². The molecule has 7 heteroatoms. The number of halogens is 3. The van der Waals surface area contributed by atoms with Crippen LogP contribution in [0.5, 0.6) is 0 Å². The van der Waals surface area contributed by atoms with Crippen molar-refractivity contribution in [1.29, 1.82) is 0 Å². The summed E-state index contributed by atoms with van der Waals surface area (Å²) in [6.45, 7) is 4.36. The minimum atomic E-state index is -4.48. The Kier molecular flexibility index (Phi) is 5.58. The molecule has 2 aromatic rings. The molecule has 0 saturated carbocycles. The standard InChI is InChI=1S/C20H24F3N3O/c1-13(2)15-9-7-14(8-10-15)11-24-18(27)12-26-17-6-4-3-5-16(17)19(25-26)20(21,22)23/h7-10,13H,3-6,11-12H2,1-2H3,(H,24,27). The molecular weight excluding hydrogens is 355 g/mol. The van der Waals surface area contributed by atoms with Gasteiger partial charge >= 0.3 is 6.18 Å². The predicted octanol–water partition coefficient (Wildman–Crippen LogP) is 4.22. The van der Waals surface area contributed by atoms with Crippen LogP contribution in [0.2, 0.25) is 0 Å². The van der Waals surface area contributed by atoms with Gasteiger partial charge in [-0.15, -0.1) is 0 Å². The average molecular weight is 379 g/mol. The van der Waals surface area contributed by atoms with E-state index in [0.717, 1.165) is 18.4 Å². The van der Waals surface area contributed by atoms with E-state index in [9.17, 15) is 18.0 Å². The molecule has 0 fully saturated rings. The Morgan fingerprint density at radius 1 is 1.19 bits per heavy atom. The highest BCUT2D eigenvalue weighted by molar-refractivity contribution is 5.75. The Morgan fingerprint density at radius 2 is 1.85 bits per heavy atom. The van der Waals surface area contributed by atoms with E-state index in [1.807, 2.05) is 24.3 Å². The zero-order valence-electron chi connectivity index (χ0n) is 15.6. The van der Waals surface area contributed by atoms with Gasteiger partial charge in [0.15, 0.2) is 5.69 Å². The van der Waals surface area contributed by atoms with Gasteiger partial charge in [-0.25, -0.2) is 0 Å². The normalized spacial score (nSPS) is 14.3. The van der Waals surface area contributed by atoms with Crippen molar-refractivity contribution in [3.8, 4) is 0 Å². The van der Waals surface area contributed by atoms with E-state index >= 15 is 0 Å². The summed E-state index contributed by atoms with van der Waals surface area (Å²) in [6, 6.07) is 7.94. The third kappa shape index (κ3) is 4.51. The van der Waals surface area contributed by atoms with Crippen molar-refractivity contribution in [3.05, 3.63) is 52.3 Å². The van der Waals surface area contributed by atoms with E-state index in [1.165, 1.54) is 10.2 Å². The van der Waals surface area contributed by atoms with Crippen LogP contribution in [0.25, 0.3) is 0 Å². The van der Waals surface area contributed by atoms with E-state index in [4.69, 9.17) is 0 Å². The summed E-state index contributed by atoms with van der Waals surface area (Å²) in [5.74, 6) is 0.0926. The molecule has 0 saturated heterocycles. The molecule has 1 aliphatic carbocycles. The molecule has 0 unspecified atom stereocenters. The highest BCUT2D eigenvalue weighted by Gasteiger charge is 2.39. The first-order valence-corrected chi connectivity index (χ1v) is 9.27. The Bertz CT molecular complexity index is 807. The van der Waals surface area contributed by atoms with Gasteiger partial charge in [-0.05, 0) is 42.7 Å². The van der Waals surface area contributed by atoms with Gasteiger partial charge in [0, 0.05) is 17.8 Å². The number of carbonyl (C=O) groups is 1. The van der Waals surface area contributed by atoms with Gasteiger partial charge in [-0.3, -0.25) is 9.48 Å². The first kappa shape index (κ1) is 19.5. The second kappa shape index (κ2) is 7.74. The number of amides is 1. The smallest absolute Gasteiger partial charge is 0.350 e. The quantitative estimate of drug-likeness (QED) is 0.846. The lowest BCUT2D eigenvalue weighted by molar-refractivity contribution is -0.142. The fourth-order valence-corrected chi connectivity index (χ4v) is 3.44. The predicted molar refractivity (Wildman–Crippen MR) is 96.2 cm³/mol. The molecular formula is C20H24F3N3O. The van der Waals surface area contributed by atoms with E-state index < -0.39 is 11.9 Å². The molecule has 0 atom stereocenters. The zero-order chi connectivity index (χ0) is 19.6. The number of hydrogen-bond acceptors (Lipinski definition) is 2. The summed E-state index contributed by atoms with van der Waals surface area (Å²) in [5.41, 5.74) is 2.13. The number of aromatic nitrogens is 2. The second-order valence-corrected chi connectivity index (χ2v) is 7.31. The minimum Gasteiger partial charge on any atom is -0.350 e. The molecule has 0 radical (unpaired) electrons. The lowest BCUT2D eigenvalue weighted by atomic mass is 9.95. The largest absolute Gasteiger partial charge is 0.435 e. The molecule has 3 rings (SSSR count). The molecule has 27 heavy (non-hydrogen) atoms. The van der Waals surface area contributed by atoms with Crippen LogP contribution in [0, 0.1) is 0 Å². The Balaban J connectivity index is 1.66. The van der Waals surface area contributed by atoms with E-state index in [2.05, 4.69) is 24.3 Å². The number of nitrogens with zero attached hydrogens (tertiary/aromatic N) is 2. The fourth-order valence-electron chi connectivity index (χ4n) is 3.44. The number of nitrogens with one attached hydrogen (secondary N) is 1. The number of rotatable bonds is 5. The SMILES string of the molecule is CC(C)c1ccc(CNC(=O)Cn2nc(C(F)(F)F)c3c2CCCC3)cc1. The molecule has 1 amide bonds. The molecule has 1 aromatic carbocycles. The zero-order valence-corrected chi connectivity index (χ0v) is 15.6. The maximum absolute atomic E-state index is 13.2. The molecule has 1 aliphatic rings. The van der Waals surface area contributed by atoms with Crippen LogP contribution < -0.4 is 5.32 Å². The monoisotopic (exact) mass is 379 g/mol. The molecule has 0 bridgehead atoms. The van der Waals surface area contributed by atoms with Crippen LogP contribution in [-0.2, 0) is 36.9 Å². The van der Waals surface area contributed by atoms with E-state index in [0.29, 0.717) is 31.0 Å². The van der Waals surface area contributed by atoms with Crippen molar-refractivity contribution in [1.82, 2.24) is 15.1 Å². The number of benzene rings is 1. The second-order valence-electron chi connectivity index (χ2n) is 7.31. The molecule has 1 heterocycles. The third-order valence-electron chi connectivity index (χ3n) is 4.95. The number of alkyl halides is 3. The summed E-state index contributed by atoms with van der Waals surface area (Å²) >= 11 is 0. The first-order chi connectivity index (χ1) is 12.8. The fraction of sp³-hybridized carbons (Fsp3) is 0.500. The maximum atomic E-state index is 13.2. The van der Waals surface area contributed by atoms with Crippen molar-refractivity contribution in [2.75, 3.05) is 0 Å². The van der Waals surface area contributed by atoms with Gasteiger partial charge in [0.25, 0.3) is 0 Å². The van der Waals surface area contributed by atoms with E-state index in [-0.39, 0.29) is 18.0 Å². The van der Waals surface area contributed by atoms with Gasteiger partial charge in [0.2, 0.25) is 5.91 Å². The summed E-state index contributed by atoms with van der Waals surface area (Å²) in [4.78, 5) is 12.3. The Morgan fingerprint density at radius 3 is 2.48 bits per heavy atom. The number of hydrogen-bond donors (Lipinski definition) is 1. The summed E-state index contributed by atoms with van der Waals surface area (Å²) in [7, 11) is 0. The lowest BCUT2D eigenvalue weighted by Crippen LogP contribution is -2.28. The van der Waals surface area contributed by atoms with Crippen molar-refractivity contribution in [3.63, 3.8) is 0 Å². The van der Waals surface area contributed by atoms with Crippen molar-refractivity contribution in [2.45, 2.75) is 64.7 Å². The molecule has 146 valence electrons. The maximum Gasteiger partial charge on any atom is 0.435 e. The molecule has 0 spiro atoms. The average Bonchev–Trinajstić information content (AvgIpc) is 2.99. The first-order valence-electron chi connectivity index (χ1n) is 9.27. The summed E-state index contributed by atoms with van der Waals surface area (Å²) in [6.07, 6.45) is -2.04. The molecule has 0 aliphatic heterocycles. The minimum absolute atomic E-state index is 0.192. The highest BCUT2D eigenvalue weighted by Crippen LogP contribution is 2.35. The molecule has 4 nitrogen and oxygen atoms in total. The van der Waals surface area contributed by atoms with Gasteiger partial charge in [-0.2, -0.15) is 18.3 Å². The van der Waals surface area contributed by atoms with Crippen molar-refractivity contribution < 1.29 is 18.0 Å². The summed E-state index contributed by atoms with van der Waals surface area (Å²) in [5, 5.41) is 6.49. The van der Waals surface area contributed by atoms with E-state index in [1.54, 1.807) is 0 Å². The molecule has 1 N–H and O–H groups in total. The Hall–Kier alpha value is -2.31. The highest BCUT2D eigenvalue weighted by atomic mass is 19.4. The van der Waals surface area contributed by atoms with Gasteiger partial charge < -0.3 is 5.32 Å². The number of carbonyl (C=O) groups excluding carboxylic acids is 1. The van der Waals surface area contributed by atoms with Gasteiger partial charge in [0.05, 0.1) is 0 Å². The van der Waals surface area contributed by atoms with Crippen LogP contribution >= 0.6 is 0 Å². The Labute approximate surface area is 156 Å². The van der Waals surface area contributed by atoms with Crippen molar-refractivity contribution in [2.24, 2.45) is 0 Å². The topological polar surface area (TPSA) is 46.9 Å². The van der Waals surface area contributed by atoms with Gasteiger partial charge in [-0.1, -0.05) is 38.1 Å². The van der Waals surface area contributed by atoms with Crippen LogP contribution in [0.4, 0.5) is 13.2 Å². The van der Waals surface area contributed by atoms with Crippen LogP contribution in [0.15, 0.2) is 24.3 Å². The number of fused-ring (bicyclic) bond motifs is 1. The van der Waals surface area contributed by atoms with Crippen LogP contribution in [0.3, 0.4) is 0 Å².